The van der Waals surface area contributed by atoms with E-state index in [1.54, 1.807) is 24.3 Å². The van der Waals surface area contributed by atoms with Gasteiger partial charge in [0.1, 0.15) is 11.5 Å². The van der Waals surface area contributed by atoms with Crippen LogP contribution in [0.3, 0.4) is 0 Å². The summed E-state index contributed by atoms with van der Waals surface area (Å²) in [5.74, 6) is -0.0363. The number of methoxy groups -OCH3 is 1. The molecule has 0 fully saturated rings. The van der Waals surface area contributed by atoms with Crippen molar-refractivity contribution in [3.63, 3.8) is 0 Å². The average molecular weight is 292 g/mol. The van der Waals surface area contributed by atoms with E-state index in [2.05, 4.69) is 5.32 Å². The van der Waals surface area contributed by atoms with Gasteiger partial charge in [-0.3, -0.25) is 4.79 Å². The molecular weight excluding hydrogens is 278 g/mol. The maximum atomic E-state index is 12.1. The zero-order valence-electron chi connectivity index (χ0n) is 11.1. The molecule has 2 aromatic carbocycles. The van der Waals surface area contributed by atoms with Gasteiger partial charge in [0, 0.05) is 16.8 Å². The number of ether oxygens (including phenoxy) is 1. The quantitative estimate of drug-likeness (QED) is 0.908. The van der Waals surface area contributed by atoms with E-state index in [-0.39, 0.29) is 11.3 Å². The van der Waals surface area contributed by atoms with Crippen molar-refractivity contribution in [2.75, 3.05) is 12.4 Å². The van der Waals surface area contributed by atoms with E-state index in [9.17, 15) is 9.90 Å². The first-order valence-corrected chi connectivity index (χ1v) is 6.33. The van der Waals surface area contributed by atoms with Crippen molar-refractivity contribution in [1.29, 1.82) is 0 Å². The second-order valence-corrected chi connectivity index (χ2v) is 4.73. The summed E-state index contributed by atoms with van der Waals surface area (Å²) >= 11 is 5.86. The van der Waals surface area contributed by atoms with Crippen LogP contribution in [0.15, 0.2) is 36.4 Å². The lowest BCUT2D eigenvalue weighted by Gasteiger charge is -2.10. The minimum absolute atomic E-state index is 0.131. The normalized spacial score (nSPS) is 10.2. The molecule has 0 aromatic heterocycles. The number of carbonyl (C=O) groups is 1. The highest BCUT2D eigenvalue weighted by atomic mass is 35.5. The first-order chi connectivity index (χ1) is 9.51. The molecule has 4 nitrogen and oxygen atoms in total. The molecule has 2 rings (SSSR count). The first-order valence-electron chi connectivity index (χ1n) is 5.96. The Labute approximate surface area is 122 Å². The molecule has 0 saturated carbocycles. The van der Waals surface area contributed by atoms with Gasteiger partial charge >= 0.3 is 0 Å². The molecule has 104 valence electrons. The molecule has 0 aliphatic carbocycles. The number of phenols is 1. The highest BCUT2D eigenvalue weighted by Crippen LogP contribution is 2.25. The molecule has 0 spiro atoms. The fourth-order valence-electron chi connectivity index (χ4n) is 1.79. The zero-order chi connectivity index (χ0) is 14.7. The Kier molecular flexibility index (Phi) is 4.15. The van der Waals surface area contributed by atoms with Crippen LogP contribution < -0.4 is 10.1 Å². The fraction of sp³-hybridized carbons (Fsp3) is 0.133. The van der Waals surface area contributed by atoms with Gasteiger partial charge in [0.25, 0.3) is 5.91 Å². The van der Waals surface area contributed by atoms with Crippen LogP contribution in [-0.4, -0.2) is 18.1 Å². The smallest absolute Gasteiger partial charge is 0.259 e. The van der Waals surface area contributed by atoms with Crippen molar-refractivity contribution >= 4 is 23.2 Å². The lowest BCUT2D eigenvalue weighted by atomic mass is 10.1. The molecule has 0 aliphatic rings. The summed E-state index contributed by atoms with van der Waals surface area (Å²) in [7, 11) is 1.49. The van der Waals surface area contributed by atoms with Crippen molar-refractivity contribution in [2.24, 2.45) is 0 Å². The van der Waals surface area contributed by atoms with Crippen LogP contribution in [0.5, 0.6) is 11.5 Å². The molecule has 2 N–H and O–H groups in total. The van der Waals surface area contributed by atoms with Gasteiger partial charge in [0.2, 0.25) is 0 Å². The van der Waals surface area contributed by atoms with Gasteiger partial charge in [0.15, 0.2) is 0 Å². The van der Waals surface area contributed by atoms with E-state index < -0.39 is 5.91 Å². The number of phenolic OH excluding ortho intramolecular Hbond substituents is 1. The van der Waals surface area contributed by atoms with Gasteiger partial charge in [-0.15, -0.1) is 0 Å². The minimum Gasteiger partial charge on any atom is -0.507 e. The molecule has 0 atom stereocenters. The molecule has 1 amide bonds. The Hall–Kier alpha value is -2.20. The van der Waals surface area contributed by atoms with Crippen LogP contribution in [-0.2, 0) is 0 Å². The van der Waals surface area contributed by atoms with Crippen molar-refractivity contribution in [3.8, 4) is 11.5 Å². The molecule has 2 aromatic rings. The summed E-state index contributed by atoms with van der Waals surface area (Å²) in [5, 5.41) is 13.2. The van der Waals surface area contributed by atoms with E-state index in [0.29, 0.717) is 16.5 Å². The number of anilines is 1. The van der Waals surface area contributed by atoms with Gasteiger partial charge < -0.3 is 15.2 Å². The summed E-state index contributed by atoms with van der Waals surface area (Å²) in [5.41, 5.74) is 1.67. The van der Waals surface area contributed by atoms with Crippen LogP contribution in [0.4, 0.5) is 5.69 Å². The lowest BCUT2D eigenvalue weighted by molar-refractivity contribution is 0.102. The van der Waals surface area contributed by atoms with Gasteiger partial charge in [-0.2, -0.15) is 0 Å². The van der Waals surface area contributed by atoms with Crippen LogP contribution in [0.1, 0.15) is 15.9 Å². The Morgan fingerprint density at radius 2 is 2.00 bits per heavy atom. The van der Waals surface area contributed by atoms with Crippen LogP contribution in [0, 0.1) is 6.92 Å². The summed E-state index contributed by atoms with van der Waals surface area (Å²) in [6.45, 7) is 1.84. The number of rotatable bonds is 3. The highest BCUT2D eigenvalue weighted by Gasteiger charge is 2.13. The van der Waals surface area contributed by atoms with Crippen molar-refractivity contribution in [1.82, 2.24) is 0 Å². The average Bonchev–Trinajstić information content (AvgIpc) is 2.41. The highest BCUT2D eigenvalue weighted by molar-refractivity contribution is 6.30. The van der Waals surface area contributed by atoms with Crippen molar-refractivity contribution in [3.05, 3.63) is 52.5 Å². The Balaban J connectivity index is 2.24. The van der Waals surface area contributed by atoms with Crippen molar-refractivity contribution in [2.45, 2.75) is 6.92 Å². The Bertz CT molecular complexity index is 656. The predicted molar refractivity (Wildman–Crippen MR) is 78.8 cm³/mol. The molecule has 0 unspecified atom stereocenters. The van der Waals surface area contributed by atoms with E-state index in [1.807, 2.05) is 6.92 Å². The Morgan fingerprint density at radius 3 is 2.60 bits per heavy atom. The lowest BCUT2D eigenvalue weighted by Crippen LogP contribution is -2.13. The topological polar surface area (TPSA) is 58.6 Å². The predicted octanol–water partition coefficient (Wildman–Crippen LogP) is 3.61. The van der Waals surface area contributed by atoms with Crippen LogP contribution in [0.2, 0.25) is 5.02 Å². The molecular formula is C15H14ClNO3. The minimum atomic E-state index is -0.393. The number of aryl methyl sites for hydroxylation is 1. The molecule has 0 aliphatic heterocycles. The summed E-state index contributed by atoms with van der Waals surface area (Å²) in [6.07, 6.45) is 0. The summed E-state index contributed by atoms with van der Waals surface area (Å²) in [4.78, 5) is 12.1. The second kappa shape index (κ2) is 5.84. The largest absolute Gasteiger partial charge is 0.507 e. The number of hydrogen-bond acceptors (Lipinski definition) is 3. The summed E-state index contributed by atoms with van der Waals surface area (Å²) < 4.78 is 4.97. The number of aromatic hydroxyl groups is 1. The van der Waals surface area contributed by atoms with E-state index in [4.69, 9.17) is 16.3 Å². The maximum Gasteiger partial charge on any atom is 0.259 e. The van der Waals surface area contributed by atoms with E-state index in [0.717, 1.165) is 5.56 Å². The van der Waals surface area contributed by atoms with Gasteiger partial charge in [-0.1, -0.05) is 11.6 Å². The number of benzene rings is 2. The number of nitrogens with one attached hydrogen (secondary N) is 1. The third kappa shape index (κ3) is 3.03. The molecule has 0 saturated heterocycles. The maximum absolute atomic E-state index is 12.1. The van der Waals surface area contributed by atoms with Gasteiger partial charge in [-0.05, 0) is 42.8 Å². The SMILES string of the molecule is COc1ccc(C(=O)Nc2ccc(Cl)cc2C)c(O)c1. The molecule has 0 heterocycles. The standard InChI is InChI=1S/C15H14ClNO3/c1-9-7-10(16)3-6-13(9)17-15(19)12-5-4-11(20-2)8-14(12)18/h3-8,18H,1-2H3,(H,17,19). The number of halogens is 1. The third-order valence-corrected chi connectivity index (χ3v) is 3.12. The van der Waals surface area contributed by atoms with Crippen LogP contribution >= 0.6 is 11.6 Å². The van der Waals surface area contributed by atoms with E-state index in [1.165, 1.54) is 19.2 Å². The monoisotopic (exact) mass is 291 g/mol. The van der Waals surface area contributed by atoms with E-state index >= 15 is 0 Å². The molecule has 20 heavy (non-hydrogen) atoms. The molecule has 0 bridgehead atoms. The molecule has 0 radical (unpaired) electrons. The fourth-order valence-corrected chi connectivity index (χ4v) is 2.01. The van der Waals surface area contributed by atoms with Gasteiger partial charge in [-0.25, -0.2) is 0 Å². The number of amides is 1. The molecule has 5 heteroatoms. The number of carbonyl (C=O) groups excluding carboxylic acids is 1. The zero-order valence-corrected chi connectivity index (χ0v) is 11.9. The van der Waals surface area contributed by atoms with Crippen LogP contribution in [0.25, 0.3) is 0 Å². The van der Waals surface area contributed by atoms with Gasteiger partial charge in [0.05, 0.1) is 12.7 Å². The third-order valence-electron chi connectivity index (χ3n) is 2.89. The first kappa shape index (κ1) is 14.2. The Morgan fingerprint density at radius 1 is 1.25 bits per heavy atom. The second-order valence-electron chi connectivity index (χ2n) is 4.30. The number of hydrogen-bond donors (Lipinski definition) is 2. The van der Waals surface area contributed by atoms with Crippen molar-refractivity contribution < 1.29 is 14.6 Å². The summed E-state index contributed by atoms with van der Waals surface area (Å²) in [6, 6.07) is 9.68.